The van der Waals surface area contributed by atoms with Crippen molar-refractivity contribution in [3.63, 3.8) is 0 Å². The summed E-state index contributed by atoms with van der Waals surface area (Å²) in [5, 5.41) is 13.3. The molecular formula is C30H24N2O5. The first-order valence-corrected chi connectivity index (χ1v) is 11.9. The van der Waals surface area contributed by atoms with Gasteiger partial charge in [-0.05, 0) is 60.5 Å². The largest absolute Gasteiger partial charge is 0.507 e. The smallest absolute Gasteiger partial charge is 0.338 e. The van der Waals surface area contributed by atoms with E-state index in [1.165, 1.54) is 11.0 Å². The highest BCUT2D eigenvalue weighted by Crippen LogP contribution is 2.42. The second kappa shape index (κ2) is 9.70. The average molecular weight is 493 g/mol. The Morgan fingerprint density at radius 2 is 1.70 bits per heavy atom. The van der Waals surface area contributed by atoms with E-state index in [9.17, 15) is 19.5 Å². The quantitative estimate of drug-likeness (QED) is 0.173. The molecule has 0 spiro atoms. The number of aromatic nitrogens is 1. The number of hydrogen-bond acceptors (Lipinski definition) is 6. The highest BCUT2D eigenvalue weighted by atomic mass is 16.5. The molecule has 1 fully saturated rings. The number of carbonyl (C=O) groups is 3. The first kappa shape index (κ1) is 23.9. The molecule has 1 amide bonds. The third-order valence-electron chi connectivity index (χ3n) is 6.17. The fourth-order valence-corrected chi connectivity index (χ4v) is 4.51. The van der Waals surface area contributed by atoms with Crippen LogP contribution in [0.3, 0.4) is 0 Å². The normalized spacial score (nSPS) is 16.9. The van der Waals surface area contributed by atoms with Crippen molar-refractivity contribution in [2.24, 2.45) is 0 Å². The van der Waals surface area contributed by atoms with Crippen molar-refractivity contribution in [3.8, 4) is 0 Å². The number of amides is 1. The van der Waals surface area contributed by atoms with Crippen LogP contribution in [0.1, 0.15) is 41.4 Å². The molecule has 0 bridgehead atoms. The number of anilines is 1. The average Bonchev–Trinajstić information content (AvgIpc) is 3.18. The Labute approximate surface area is 213 Å². The highest BCUT2D eigenvalue weighted by molar-refractivity contribution is 6.51. The molecular weight excluding hydrogens is 468 g/mol. The number of benzene rings is 3. The van der Waals surface area contributed by atoms with Gasteiger partial charge in [-0.1, -0.05) is 48.5 Å². The van der Waals surface area contributed by atoms with Crippen LogP contribution < -0.4 is 4.90 Å². The van der Waals surface area contributed by atoms with Gasteiger partial charge in [0.15, 0.2) is 0 Å². The molecule has 1 unspecified atom stereocenters. The first-order valence-electron chi connectivity index (χ1n) is 11.9. The van der Waals surface area contributed by atoms with Gasteiger partial charge < -0.3 is 9.84 Å². The number of ether oxygens (including phenoxy) is 1. The summed E-state index contributed by atoms with van der Waals surface area (Å²) < 4.78 is 5.30. The SMILES string of the molecule is CC(C)OC(=O)c1cccc(N2C(=O)C(=O)/C(=C(\O)c3ccc4ccccc4c3)C2c2cccnc2)c1. The lowest BCUT2D eigenvalue weighted by Crippen LogP contribution is -2.29. The minimum absolute atomic E-state index is 0.0524. The predicted octanol–water partition coefficient (Wildman–Crippen LogP) is 5.43. The van der Waals surface area contributed by atoms with Crippen molar-refractivity contribution in [1.82, 2.24) is 4.98 Å². The number of aliphatic hydroxyl groups excluding tert-OH is 1. The number of ketones is 1. The van der Waals surface area contributed by atoms with Crippen LogP contribution in [-0.4, -0.2) is 33.9 Å². The molecule has 1 aliphatic rings. The zero-order valence-electron chi connectivity index (χ0n) is 20.3. The minimum Gasteiger partial charge on any atom is -0.507 e. The van der Waals surface area contributed by atoms with Crippen LogP contribution in [-0.2, 0) is 14.3 Å². The molecule has 3 aromatic carbocycles. The Bertz CT molecular complexity index is 1560. The summed E-state index contributed by atoms with van der Waals surface area (Å²) in [6, 6.07) is 21.8. The van der Waals surface area contributed by atoms with Crippen molar-refractivity contribution in [3.05, 3.63) is 114 Å². The maximum Gasteiger partial charge on any atom is 0.338 e. The van der Waals surface area contributed by atoms with Crippen LogP contribution in [0.25, 0.3) is 16.5 Å². The van der Waals surface area contributed by atoms with Crippen molar-refractivity contribution in [1.29, 1.82) is 0 Å². The van der Waals surface area contributed by atoms with Crippen molar-refractivity contribution in [2.75, 3.05) is 4.90 Å². The second-order valence-electron chi connectivity index (χ2n) is 9.02. The van der Waals surface area contributed by atoms with E-state index in [4.69, 9.17) is 4.74 Å². The summed E-state index contributed by atoms with van der Waals surface area (Å²) in [4.78, 5) is 44.8. The fourth-order valence-electron chi connectivity index (χ4n) is 4.51. The molecule has 0 radical (unpaired) electrons. The summed E-state index contributed by atoms with van der Waals surface area (Å²) in [6.07, 6.45) is 2.82. The zero-order valence-corrected chi connectivity index (χ0v) is 20.3. The van der Waals surface area contributed by atoms with Crippen LogP contribution in [0.5, 0.6) is 0 Å². The Kier molecular flexibility index (Phi) is 6.27. The molecule has 1 aliphatic heterocycles. The van der Waals surface area contributed by atoms with Crippen molar-refractivity contribution in [2.45, 2.75) is 26.0 Å². The Morgan fingerprint density at radius 1 is 0.919 bits per heavy atom. The van der Waals surface area contributed by atoms with E-state index >= 15 is 0 Å². The molecule has 1 atom stereocenters. The van der Waals surface area contributed by atoms with E-state index in [0.29, 0.717) is 16.8 Å². The Hall–Kier alpha value is -4.78. The van der Waals surface area contributed by atoms with Gasteiger partial charge in [-0.15, -0.1) is 0 Å². The van der Waals surface area contributed by atoms with Crippen LogP contribution in [0.2, 0.25) is 0 Å². The van der Waals surface area contributed by atoms with Gasteiger partial charge >= 0.3 is 5.97 Å². The van der Waals surface area contributed by atoms with Gasteiger partial charge in [0.05, 0.1) is 23.3 Å². The molecule has 37 heavy (non-hydrogen) atoms. The van der Waals surface area contributed by atoms with Gasteiger partial charge in [0.25, 0.3) is 11.7 Å². The number of hydrogen-bond donors (Lipinski definition) is 1. The number of fused-ring (bicyclic) bond motifs is 1. The van der Waals surface area contributed by atoms with Crippen molar-refractivity contribution >= 4 is 39.9 Å². The molecule has 7 heteroatoms. The van der Waals surface area contributed by atoms with E-state index in [0.717, 1.165) is 10.8 Å². The lowest BCUT2D eigenvalue weighted by Gasteiger charge is -2.25. The molecule has 1 saturated heterocycles. The number of rotatable bonds is 5. The Morgan fingerprint density at radius 3 is 2.43 bits per heavy atom. The molecule has 0 saturated carbocycles. The summed E-state index contributed by atoms with van der Waals surface area (Å²) in [5.41, 5.74) is 1.47. The number of esters is 1. The van der Waals surface area contributed by atoms with Crippen LogP contribution in [0.15, 0.2) is 96.8 Å². The predicted molar refractivity (Wildman–Crippen MR) is 140 cm³/mol. The maximum absolute atomic E-state index is 13.4. The topological polar surface area (TPSA) is 96.8 Å². The van der Waals surface area contributed by atoms with Gasteiger partial charge in [-0.3, -0.25) is 19.5 Å². The molecule has 1 N–H and O–H groups in total. The number of nitrogens with zero attached hydrogens (tertiary/aromatic N) is 2. The van der Waals surface area contributed by atoms with E-state index < -0.39 is 23.7 Å². The summed E-state index contributed by atoms with van der Waals surface area (Å²) in [7, 11) is 0. The van der Waals surface area contributed by atoms with Crippen molar-refractivity contribution < 1.29 is 24.2 Å². The number of pyridine rings is 1. The number of Topliss-reactive ketones (excluding diaryl/α,β-unsaturated/α-hetero) is 1. The summed E-state index contributed by atoms with van der Waals surface area (Å²) in [6.45, 7) is 3.49. The van der Waals surface area contributed by atoms with Gasteiger partial charge in [-0.25, -0.2) is 4.79 Å². The molecule has 2 heterocycles. The molecule has 184 valence electrons. The van der Waals surface area contributed by atoms with Gasteiger partial charge in [-0.2, -0.15) is 0 Å². The summed E-state index contributed by atoms with van der Waals surface area (Å²) >= 11 is 0. The lowest BCUT2D eigenvalue weighted by atomic mass is 9.95. The van der Waals surface area contributed by atoms with Crippen LogP contribution in [0.4, 0.5) is 5.69 Å². The standard InChI is InChI=1S/C30H24N2O5/c1-18(2)37-30(36)22-9-5-11-24(16-22)32-26(23-10-6-14-31-17-23)25(28(34)29(32)35)27(33)21-13-12-19-7-3-4-8-20(19)15-21/h3-18,26,33H,1-2H3/b27-25-. The summed E-state index contributed by atoms with van der Waals surface area (Å²) in [5.74, 6) is -2.46. The monoisotopic (exact) mass is 492 g/mol. The maximum atomic E-state index is 13.4. The fraction of sp³-hybridized carbons (Fsp3) is 0.133. The third-order valence-corrected chi connectivity index (χ3v) is 6.17. The molecule has 5 rings (SSSR count). The Balaban J connectivity index is 1.66. The highest BCUT2D eigenvalue weighted by Gasteiger charge is 2.47. The zero-order chi connectivity index (χ0) is 26.1. The van der Waals surface area contributed by atoms with E-state index in [1.54, 1.807) is 68.7 Å². The minimum atomic E-state index is -0.948. The molecule has 1 aromatic heterocycles. The molecule has 4 aromatic rings. The van der Waals surface area contributed by atoms with E-state index in [2.05, 4.69) is 4.98 Å². The van der Waals surface area contributed by atoms with Gasteiger partial charge in [0.2, 0.25) is 0 Å². The first-order chi connectivity index (χ1) is 17.8. The number of aliphatic hydroxyl groups is 1. The van der Waals surface area contributed by atoms with E-state index in [1.807, 2.05) is 30.3 Å². The third kappa shape index (κ3) is 4.47. The molecule has 7 nitrogen and oxygen atoms in total. The molecule has 0 aliphatic carbocycles. The number of carbonyl (C=O) groups excluding carboxylic acids is 3. The van der Waals surface area contributed by atoms with Gasteiger partial charge in [0.1, 0.15) is 5.76 Å². The lowest BCUT2D eigenvalue weighted by molar-refractivity contribution is -0.132. The van der Waals surface area contributed by atoms with Crippen LogP contribution >= 0.6 is 0 Å². The van der Waals surface area contributed by atoms with E-state index in [-0.39, 0.29) is 23.0 Å². The van der Waals surface area contributed by atoms with Crippen LogP contribution in [0, 0.1) is 0 Å². The second-order valence-corrected chi connectivity index (χ2v) is 9.02. The van der Waals surface area contributed by atoms with Gasteiger partial charge in [0, 0.05) is 23.6 Å².